The Morgan fingerprint density at radius 3 is 2.18 bits per heavy atom. The summed E-state index contributed by atoms with van der Waals surface area (Å²) in [6.45, 7) is 16.3. The summed E-state index contributed by atoms with van der Waals surface area (Å²) in [6, 6.07) is 14.2. The number of rotatable bonds is 4. The van der Waals surface area contributed by atoms with Crippen molar-refractivity contribution in [2.75, 3.05) is 42.9 Å². The fourth-order valence-electron chi connectivity index (χ4n) is 3.62. The number of piperazine rings is 1. The summed E-state index contributed by atoms with van der Waals surface area (Å²) in [5, 5.41) is 3.07. The van der Waals surface area contributed by atoms with Gasteiger partial charge in [-0.2, -0.15) is 0 Å². The van der Waals surface area contributed by atoms with Crippen molar-refractivity contribution in [3.05, 3.63) is 59.2 Å². The molecule has 1 saturated heterocycles. The van der Waals surface area contributed by atoms with Gasteiger partial charge in [-0.15, -0.1) is 0 Å². The fraction of sp³-hybridized carbons (Fsp3) is 0.458. The highest BCUT2D eigenvalue weighted by Crippen LogP contribution is 2.25. The SMILES string of the molecule is CCN1CCN(c2ccc(NC(=O)c3ccc(C(C)(C)C)cc3)c(C)c2)CC1. The molecule has 0 unspecified atom stereocenters. The molecule has 4 nitrogen and oxygen atoms in total. The van der Waals surface area contributed by atoms with E-state index in [4.69, 9.17) is 0 Å². The van der Waals surface area contributed by atoms with Crippen LogP contribution in [-0.2, 0) is 5.41 Å². The highest BCUT2D eigenvalue weighted by Gasteiger charge is 2.17. The summed E-state index contributed by atoms with van der Waals surface area (Å²) in [4.78, 5) is 17.6. The summed E-state index contributed by atoms with van der Waals surface area (Å²) in [7, 11) is 0. The molecule has 1 fully saturated rings. The lowest BCUT2D eigenvalue weighted by molar-refractivity contribution is 0.102. The van der Waals surface area contributed by atoms with Crippen LogP contribution in [0.1, 0.15) is 49.2 Å². The standard InChI is InChI=1S/C24H33N3O/c1-6-26-13-15-27(16-14-26)21-11-12-22(18(2)17-21)25-23(28)19-7-9-20(10-8-19)24(3,4)5/h7-12,17H,6,13-16H2,1-5H3,(H,25,28). The zero-order valence-electron chi connectivity index (χ0n) is 17.9. The molecule has 1 aliphatic rings. The second-order valence-corrected chi connectivity index (χ2v) is 8.70. The van der Waals surface area contributed by atoms with Gasteiger partial charge in [0.05, 0.1) is 0 Å². The van der Waals surface area contributed by atoms with Crippen LogP contribution in [0.2, 0.25) is 0 Å². The molecular formula is C24H33N3O. The molecular weight excluding hydrogens is 346 g/mol. The second-order valence-electron chi connectivity index (χ2n) is 8.70. The van der Waals surface area contributed by atoms with Crippen LogP contribution in [0.5, 0.6) is 0 Å². The zero-order chi connectivity index (χ0) is 20.3. The normalized spacial score (nSPS) is 15.5. The van der Waals surface area contributed by atoms with Crippen LogP contribution in [0, 0.1) is 6.92 Å². The minimum absolute atomic E-state index is 0.0622. The van der Waals surface area contributed by atoms with Gasteiger partial charge in [0, 0.05) is 43.1 Å². The van der Waals surface area contributed by atoms with Gasteiger partial charge in [-0.1, -0.05) is 39.8 Å². The highest BCUT2D eigenvalue weighted by molar-refractivity contribution is 6.04. The maximum atomic E-state index is 12.7. The summed E-state index contributed by atoms with van der Waals surface area (Å²) in [5.41, 5.74) is 5.21. The van der Waals surface area contributed by atoms with Crippen LogP contribution in [0.4, 0.5) is 11.4 Å². The monoisotopic (exact) mass is 379 g/mol. The number of hydrogen-bond donors (Lipinski definition) is 1. The highest BCUT2D eigenvalue weighted by atomic mass is 16.1. The number of benzene rings is 2. The van der Waals surface area contributed by atoms with Crippen LogP contribution < -0.4 is 10.2 Å². The van der Waals surface area contributed by atoms with Gasteiger partial charge in [0.25, 0.3) is 5.91 Å². The lowest BCUT2D eigenvalue weighted by Crippen LogP contribution is -2.46. The number of anilines is 2. The smallest absolute Gasteiger partial charge is 0.255 e. The molecule has 1 heterocycles. The first-order valence-electron chi connectivity index (χ1n) is 10.3. The Labute approximate surface area is 169 Å². The number of aryl methyl sites for hydroxylation is 1. The maximum absolute atomic E-state index is 12.7. The number of likely N-dealkylation sites (N-methyl/N-ethyl adjacent to an activating group) is 1. The van der Waals surface area contributed by atoms with E-state index < -0.39 is 0 Å². The number of nitrogens with zero attached hydrogens (tertiary/aromatic N) is 2. The van der Waals surface area contributed by atoms with Gasteiger partial charge in [0.15, 0.2) is 0 Å². The third-order valence-corrected chi connectivity index (χ3v) is 5.66. The van der Waals surface area contributed by atoms with Gasteiger partial charge < -0.3 is 15.1 Å². The van der Waals surface area contributed by atoms with Crippen LogP contribution >= 0.6 is 0 Å². The van der Waals surface area contributed by atoms with Gasteiger partial charge in [0.1, 0.15) is 0 Å². The van der Waals surface area contributed by atoms with Gasteiger partial charge in [-0.25, -0.2) is 0 Å². The first kappa shape index (κ1) is 20.4. The van der Waals surface area contributed by atoms with Crippen molar-refractivity contribution in [1.82, 2.24) is 4.90 Å². The number of nitrogens with one attached hydrogen (secondary N) is 1. The molecule has 3 rings (SSSR count). The van der Waals surface area contributed by atoms with E-state index in [1.165, 1.54) is 11.3 Å². The molecule has 0 atom stereocenters. The van der Waals surface area contributed by atoms with Gasteiger partial charge in [0.2, 0.25) is 0 Å². The van der Waals surface area contributed by atoms with Crippen molar-refractivity contribution in [1.29, 1.82) is 0 Å². The summed E-state index contributed by atoms with van der Waals surface area (Å²) in [6.07, 6.45) is 0. The number of hydrogen-bond acceptors (Lipinski definition) is 3. The van der Waals surface area contributed by atoms with Gasteiger partial charge in [-0.3, -0.25) is 4.79 Å². The maximum Gasteiger partial charge on any atom is 0.255 e. The Morgan fingerprint density at radius 2 is 1.64 bits per heavy atom. The minimum Gasteiger partial charge on any atom is -0.369 e. The molecule has 4 heteroatoms. The van der Waals surface area contributed by atoms with Crippen LogP contribution in [0.15, 0.2) is 42.5 Å². The lowest BCUT2D eigenvalue weighted by Gasteiger charge is -2.35. The molecule has 2 aromatic rings. The van der Waals surface area contributed by atoms with E-state index in [0.717, 1.165) is 44.0 Å². The van der Waals surface area contributed by atoms with Crippen molar-refractivity contribution in [2.24, 2.45) is 0 Å². The molecule has 0 spiro atoms. The Kier molecular flexibility index (Phi) is 6.09. The van der Waals surface area contributed by atoms with Gasteiger partial charge >= 0.3 is 0 Å². The van der Waals surface area contributed by atoms with E-state index in [1.807, 2.05) is 30.3 Å². The number of carbonyl (C=O) groups is 1. The van der Waals surface area contributed by atoms with E-state index in [9.17, 15) is 4.79 Å². The van der Waals surface area contributed by atoms with E-state index >= 15 is 0 Å². The molecule has 1 N–H and O–H groups in total. The molecule has 0 saturated carbocycles. The average Bonchev–Trinajstić information content (AvgIpc) is 2.69. The van der Waals surface area contributed by atoms with Crippen LogP contribution in [0.25, 0.3) is 0 Å². The van der Waals surface area contributed by atoms with Crippen LogP contribution in [0.3, 0.4) is 0 Å². The predicted molar refractivity (Wildman–Crippen MR) is 119 cm³/mol. The van der Waals surface area contributed by atoms with Crippen molar-refractivity contribution in [3.8, 4) is 0 Å². The third-order valence-electron chi connectivity index (χ3n) is 5.66. The van der Waals surface area contributed by atoms with Crippen LogP contribution in [-0.4, -0.2) is 43.5 Å². The Balaban J connectivity index is 1.67. The first-order valence-corrected chi connectivity index (χ1v) is 10.3. The van der Waals surface area contributed by atoms with E-state index in [1.54, 1.807) is 0 Å². The van der Waals surface area contributed by atoms with Crippen molar-refractivity contribution in [3.63, 3.8) is 0 Å². The summed E-state index contributed by atoms with van der Waals surface area (Å²) in [5.74, 6) is -0.0622. The lowest BCUT2D eigenvalue weighted by atomic mass is 9.87. The fourth-order valence-corrected chi connectivity index (χ4v) is 3.62. The quantitative estimate of drug-likeness (QED) is 0.837. The Morgan fingerprint density at radius 1 is 1.00 bits per heavy atom. The molecule has 150 valence electrons. The largest absolute Gasteiger partial charge is 0.369 e. The predicted octanol–water partition coefficient (Wildman–Crippen LogP) is 4.69. The van der Waals surface area contributed by atoms with E-state index in [-0.39, 0.29) is 11.3 Å². The number of carbonyl (C=O) groups excluding carboxylic acids is 1. The number of amides is 1. The Hall–Kier alpha value is -2.33. The molecule has 0 bridgehead atoms. The minimum atomic E-state index is -0.0622. The summed E-state index contributed by atoms with van der Waals surface area (Å²) < 4.78 is 0. The molecule has 0 aromatic heterocycles. The summed E-state index contributed by atoms with van der Waals surface area (Å²) >= 11 is 0. The molecule has 1 amide bonds. The van der Waals surface area contributed by atoms with E-state index in [2.05, 4.69) is 61.9 Å². The van der Waals surface area contributed by atoms with E-state index in [0.29, 0.717) is 5.56 Å². The third kappa shape index (κ3) is 4.74. The molecule has 0 radical (unpaired) electrons. The molecule has 0 aliphatic carbocycles. The van der Waals surface area contributed by atoms with Crippen molar-refractivity contribution < 1.29 is 4.79 Å². The van der Waals surface area contributed by atoms with Crippen molar-refractivity contribution >= 4 is 17.3 Å². The second kappa shape index (κ2) is 8.36. The first-order chi connectivity index (χ1) is 13.3. The Bertz CT molecular complexity index is 813. The van der Waals surface area contributed by atoms with Gasteiger partial charge in [-0.05, 0) is 60.3 Å². The molecule has 1 aliphatic heterocycles. The molecule has 2 aromatic carbocycles. The van der Waals surface area contributed by atoms with Crippen molar-refractivity contribution in [2.45, 2.75) is 40.0 Å². The molecule has 28 heavy (non-hydrogen) atoms. The average molecular weight is 380 g/mol. The zero-order valence-corrected chi connectivity index (χ0v) is 17.9. The topological polar surface area (TPSA) is 35.6 Å².